The summed E-state index contributed by atoms with van der Waals surface area (Å²) in [5.74, 6) is 0.778. The molecule has 0 N–H and O–H groups in total. The monoisotopic (exact) mass is 403 g/mol. The molecule has 0 unspecified atom stereocenters. The molecule has 2 aromatic heterocycles. The number of benzene rings is 2. The second-order valence-corrected chi connectivity index (χ2v) is 8.60. The molecular weight excluding hydrogens is 378 g/mol. The lowest BCUT2D eigenvalue weighted by atomic mass is 10.1. The zero-order valence-corrected chi connectivity index (χ0v) is 18.0. The molecule has 0 fully saturated rings. The molecule has 2 aromatic carbocycles. The van der Waals surface area contributed by atoms with E-state index in [1.165, 1.54) is 11.1 Å². The van der Waals surface area contributed by atoms with Crippen LogP contribution in [0.4, 0.5) is 0 Å². The quantitative estimate of drug-likeness (QED) is 0.322. The third-order valence-corrected chi connectivity index (χ3v) is 6.07. The van der Waals surface area contributed by atoms with Gasteiger partial charge < -0.3 is 4.57 Å². The van der Waals surface area contributed by atoms with Gasteiger partial charge in [-0.2, -0.15) is 0 Å². The number of hydrogen-bond acceptors (Lipinski definition) is 3. The SMILES string of the molecule is Cc1cccc(CSc2nc3c(-c4ccccc4)cn(C)c3c(=O)n2C(C)C)c1. The topological polar surface area (TPSA) is 39.8 Å². The van der Waals surface area contributed by atoms with Gasteiger partial charge in [-0.25, -0.2) is 4.98 Å². The Morgan fingerprint density at radius 1 is 1.07 bits per heavy atom. The van der Waals surface area contributed by atoms with Gasteiger partial charge in [0.2, 0.25) is 0 Å². The van der Waals surface area contributed by atoms with Gasteiger partial charge in [-0.15, -0.1) is 0 Å². The van der Waals surface area contributed by atoms with Gasteiger partial charge in [0.15, 0.2) is 5.16 Å². The van der Waals surface area contributed by atoms with Crippen LogP contribution < -0.4 is 5.56 Å². The normalized spacial score (nSPS) is 11.5. The van der Waals surface area contributed by atoms with E-state index < -0.39 is 0 Å². The van der Waals surface area contributed by atoms with E-state index in [2.05, 4.69) is 43.3 Å². The lowest BCUT2D eigenvalue weighted by Crippen LogP contribution is -2.26. The van der Waals surface area contributed by atoms with E-state index in [9.17, 15) is 4.79 Å². The van der Waals surface area contributed by atoms with Crippen molar-refractivity contribution in [2.24, 2.45) is 7.05 Å². The summed E-state index contributed by atoms with van der Waals surface area (Å²) in [6.07, 6.45) is 2.01. The minimum absolute atomic E-state index is 0.0152. The summed E-state index contributed by atoms with van der Waals surface area (Å²) in [7, 11) is 1.92. The largest absolute Gasteiger partial charge is 0.344 e. The van der Waals surface area contributed by atoms with Gasteiger partial charge in [-0.05, 0) is 31.9 Å². The first kappa shape index (κ1) is 19.5. The highest BCUT2D eigenvalue weighted by molar-refractivity contribution is 7.98. The molecule has 29 heavy (non-hydrogen) atoms. The fourth-order valence-corrected chi connectivity index (χ4v) is 4.73. The third kappa shape index (κ3) is 3.75. The van der Waals surface area contributed by atoms with Crippen LogP contribution in [0.25, 0.3) is 22.2 Å². The Balaban J connectivity index is 1.86. The first-order chi connectivity index (χ1) is 14.0. The number of thioether (sulfide) groups is 1. The smallest absolute Gasteiger partial charge is 0.278 e. The van der Waals surface area contributed by atoms with Crippen molar-refractivity contribution >= 4 is 22.8 Å². The Morgan fingerprint density at radius 3 is 2.52 bits per heavy atom. The lowest BCUT2D eigenvalue weighted by Gasteiger charge is -2.16. The summed E-state index contributed by atoms with van der Waals surface area (Å²) in [6, 6.07) is 18.6. The molecule has 0 radical (unpaired) electrons. The molecule has 5 heteroatoms. The number of nitrogens with zero attached hydrogens (tertiary/aromatic N) is 3. The average molecular weight is 404 g/mol. The predicted octanol–water partition coefficient (Wildman–Crippen LogP) is 5.58. The van der Waals surface area contributed by atoms with E-state index in [0.717, 1.165) is 27.6 Å². The van der Waals surface area contributed by atoms with Crippen LogP contribution in [0.2, 0.25) is 0 Å². The molecule has 0 atom stereocenters. The second kappa shape index (κ2) is 7.91. The molecule has 4 rings (SSSR count). The molecule has 4 nitrogen and oxygen atoms in total. The molecule has 4 aromatic rings. The van der Waals surface area contributed by atoms with Crippen LogP contribution in [-0.2, 0) is 12.8 Å². The van der Waals surface area contributed by atoms with Crippen molar-refractivity contribution in [3.8, 4) is 11.1 Å². The van der Waals surface area contributed by atoms with Crippen LogP contribution in [0, 0.1) is 6.92 Å². The molecule has 148 valence electrons. The summed E-state index contributed by atoms with van der Waals surface area (Å²) >= 11 is 1.62. The molecule has 2 heterocycles. The number of hydrogen-bond donors (Lipinski definition) is 0. The molecule has 0 aliphatic heterocycles. The van der Waals surface area contributed by atoms with E-state index in [-0.39, 0.29) is 11.6 Å². The van der Waals surface area contributed by atoms with E-state index in [1.807, 2.05) is 54.4 Å². The van der Waals surface area contributed by atoms with Crippen LogP contribution in [-0.4, -0.2) is 14.1 Å². The number of rotatable bonds is 5. The third-order valence-electron chi connectivity index (χ3n) is 5.04. The Bertz CT molecular complexity index is 1220. The summed E-state index contributed by atoms with van der Waals surface area (Å²) in [4.78, 5) is 18.4. The van der Waals surface area contributed by atoms with E-state index >= 15 is 0 Å². The zero-order chi connectivity index (χ0) is 20.5. The van der Waals surface area contributed by atoms with Gasteiger partial charge in [0.1, 0.15) is 11.0 Å². The number of aromatic nitrogens is 3. The predicted molar refractivity (Wildman–Crippen MR) is 122 cm³/mol. The minimum Gasteiger partial charge on any atom is -0.344 e. The molecule has 0 spiro atoms. The summed E-state index contributed by atoms with van der Waals surface area (Å²) in [6.45, 7) is 6.16. The average Bonchev–Trinajstić information content (AvgIpc) is 3.03. The molecule has 0 amide bonds. The maximum absolute atomic E-state index is 13.4. The standard InChI is InChI=1S/C24H25N3OS/c1-16(2)27-23(28)22-21(20(14-26(22)4)19-11-6-5-7-12-19)25-24(27)29-15-18-10-8-9-17(3)13-18/h5-14,16H,15H2,1-4H3. The van der Waals surface area contributed by atoms with E-state index in [4.69, 9.17) is 4.98 Å². The molecular formula is C24H25N3OS. The molecule has 0 saturated heterocycles. The Morgan fingerprint density at radius 2 is 1.83 bits per heavy atom. The first-order valence-corrected chi connectivity index (χ1v) is 10.8. The Labute approximate surface area is 175 Å². The van der Waals surface area contributed by atoms with Crippen molar-refractivity contribution in [2.75, 3.05) is 0 Å². The molecule has 0 aliphatic carbocycles. The molecule has 0 saturated carbocycles. The maximum atomic E-state index is 13.4. The van der Waals surface area contributed by atoms with Crippen molar-refractivity contribution in [1.82, 2.24) is 14.1 Å². The first-order valence-electron chi connectivity index (χ1n) is 9.81. The summed E-state index contributed by atoms with van der Waals surface area (Å²) in [5.41, 5.74) is 5.97. The van der Waals surface area contributed by atoms with E-state index in [0.29, 0.717) is 5.52 Å². The molecule has 0 bridgehead atoms. The van der Waals surface area contributed by atoms with Crippen LogP contribution in [0.1, 0.15) is 31.0 Å². The van der Waals surface area contributed by atoms with Crippen molar-refractivity contribution in [3.63, 3.8) is 0 Å². The maximum Gasteiger partial charge on any atom is 0.278 e. The van der Waals surface area contributed by atoms with Gasteiger partial charge in [0.25, 0.3) is 5.56 Å². The van der Waals surface area contributed by atoms with E-state index in [1.54, 1.807) is 11.8 Å². The minimum atomic E-state index is 0.0152. The van der Waals surface area contributed by atoms with Gasteiger partial charge in [-0.1, -0.05) is 71.9 Å². The van der Waals surface area contributed by atoms with Crippen LogP contribution in [0.15, 0.2) is 70.7 Å². The van der Waals surface area contributed by atoms with Crippen molar-refractivity contribution in [3.05, 3.63) is 82.3 Å². The summed E-state index contributed by atoms with van der Waals surface area (Å²) < 4.78 is 3.72. The van der Waals surface area contributed by atoms with Gasteiger partial charge in [0.05, 0.1) is 0 Å². The number of fused-ring (bicyclic) bond motifs is 1. The summed E-state index contributed by atoms with van der Waals surface area (Å²) in [5, 5.41) is 0.766. The Hall–Kier alpha value is -2.79. The highest BCUT2D eigenvalue weighted by Crippen LogP contribution is 2.31. The zero-order valence-electron chi connectivity index (χ0n) is 17.2. The van der Waals surface area contributed by atoms with Crippen molar-refractivity contribution < 1.29 is 0 Å². The Kier molecular flexibility index (Phi) is 5.33. The lowest BCUT2D eigenvalue weighted by molar-refractivity contribution is 0.517. The fourth-order valence-electron chi connectivity index (χ4n) is 3.67. The fraction of sp³-hybridized carbons (Fsp3) is 0.250. The van der Waals surface area contributed by atoms with Crippen molar-refractivity contribution in [1.29, 1.82) is 0 Å². The highest BCUT2D eigenvalue weighted by atomic mass is 32.2. The van der Waals surface area contributed by atoms with Crippen LogP contribution in [0.3, 0.4) is 0 Å². The van der Waals surface area contributed by atoms with Gasteiger partial charge in [-0.3, -0.25) is 9.36 Å². The van der Waals surface area contributed by atoms with Crippen LogP contribution in [0.5, 0.6) is 0 Å². The van der Waals surface area contributed by atoms with Gasteiger partial charge >= 0.3 is 0 Å². The van der Waals surface area contributed by atoms with Crippen LogP contribution >= 0.6 is 11.8 Å². The number of aryl methyl sites for hydroxylation is 2. The molecule has 0 aliphatic rings. The highest BCUT2D eigenvalue weighted by Gasteiger charge is 2.20. The van der Waals surface area contributed by atoms with Gasteiger partial charge in [0, 0.05) is 30.6 Å². The second-order valence-electron chi connectivity index (χ2n) is 7.66. The van der Waals surface area contributed by atoms with Crippen molar-refractivity contribution in [2.45, 2.75) is 37.7 Å².